The van der Waals surface area contributed by atoms with E-state index in [1.165, 1.54) is 28.4 Å². The normalized spacial score (nSPS) is 19.4. The molecule has 16 heavy (non-hydrogen) atoms. The molecule has 0 aliphatic heterocycles. The van der Waals surface area contributed by atoms with Gasteiger partial charge in [0.2, 0.25) is 0 Å². The SMILES string of the molecule is CCNC(Cc1ccc(I)cc1)C1(C)CC1. The Balaban J connectivity index is 2.02. The van der Waals surface area contributed by atoms with E-state index in [2.05, 4.69) is 66.0 Å². The van der Waals surface area contributed by atoms with Gasteiger partial charge in [0.05, 0.1) is 0 Å². The summed E-state index contributed by atoms with van der Waals surface area (Å²) in [6.07, 6.45) is 3.94. The Hall–Kier alpha value is -0.0900. The number of halogens is 1. The molecule has 1 fully saturated rings. The highest BCUT2D eigenvalue weighted by Gasteiger charge is 2.44. The first kappa shape index (κ1) is 12.4. The van der Waals surface area contributed by atoms with Gasteiger partial charge in [-0.25, -0.2) is 0 Å². The zero-order valence-corrected chi connectivity index (χ0v) is 12.3. The number of benzene rings is 1. The molecule has 0 saturated heterocycles. The lowest BCUT2D eigenvalue weighted by molar-refractivity contribution is 0.360. The highest BCUT2D eigenvalue weighted by Crippen LogP contribution is 2.48. The van der Waals surface area contributed by atoms with Crippen LogP contribution in [-0.4, -0.2) is 12.6 Å². The van der Waals surface area contributed by atoms with Crippen molar-refractivity contribution in [3.05, 3.63) is 33.4 Å². The van der Waals surface area contributed by atoms with E-state index < -0.39 is 0 Å². The van der Waals surface area contributed by atoms with Gasteiger partial charge < -0.3 is 5.32 Å². The molecular formula is C14H20IN. The van der Waals surface area contributed by atoms with Crippen LogP contribution in [0.4, 0.5) is 0 Å². The van der Waals surface area contributed by atoms with E-state index >= 15 is 0 Å². The third-order valence-electron chi connectivity index (χ3n) is 3.68. The summed E-state index contributed by atoms with van der Waals surface area (Å²) in [5.74, 6) is 0. The van der Waals surface area contributed by atoms with E-state index in [1.807, 2.05) is 0 Å². The van der Waals surface area contributed by atoms with E-state index in [1.54, 1.807) is 0 Å². The zero-order chi connectivity index (χ0) is 11.6. The monoisotopic (exact) mass is 329 g/mol. The van der Waals surface area contributed by atoms with Gasteiger partial charge in [0.15, 0.2) is 0 Å². The molecule has 1 aliphatic rings. The Labute approximate surface area is 112 Å². The quantitative estimate of drug-likeness (QED) is 0.814. The number of hydrogen-bond donors (Lipinski definition) is 1. The van der Waals surface area contributed by atoms with Gasteiger partial charge >= 0.3 is 0 Å². The number of nitrogens with one attached hydrogen (secondary N) is 1. The van der Waals surface area contributed by atoms with Crippen molar-refractivity contribution in [1.82, 2.24) is 5.32 Å². The third-order valence-corrected chi connectivity index (χ3v) is 4.40. The molecule has 1 nitrogen and oxygen atoms in total. The molecule has 1 aromatic carbocycles. The molecule has 0 heterocycles. The van der Waals surface area contributed by atoms with Gasteiger partial charge in [-0.1, -0.05) is 26.0 Å². The van der Waals surface area contributed by atoms with Gasteiger partial charge in [0.25, 0.3) is 0 Å². The number of rotatable bonds is 5. The largest absolute Gasteiger partial charge is 0.313 e. The van der Waals surface area contributed by atoms with Crippen molar-refractivity contribution in [2.75, 3.05) is 6.54 Å². The van der Waals surface area contributed by atoms with Crippen molar-refractivity contribution in [3.63, 3.8) is 0 Å². The van der Waals surface area contributed by atoms with Crippen molar-refractivity contribution in [3.8, 4) is 0 Å². The average Bonchev–Trinajstić information content (AvgIpc) is 3.00. The van der Waals surface area contributed by atoms with Crippen LogP contribution in [0.3, 0.4) is 0 Å². The minimum Gasteiger partial charge on any atom is -0.313 e. The highest BCUT2D eigenvalue weighted by molar-refractivity contribution is 14.1. The van der Waals surface area contributed by atoms with Crippen LogP contribution in [0.15, 0.2) is 24.3 Å². The first-order valence-electron chi connectivity index (χ1n) is 6.12. The Morgan fingerprint density at radius 2 is 1.94 bits per heavy atom. The lowest BCUT2D eigenvalue weighted by atomic mass is 9.92. The molecule has 1 aromatic rings. The molecule has 0 aromatic heterocycles. The summed E-state index contributed by atoms with van der Waals surface area (Å²) in [4.78, 5) is 0. The lowest BCUT2D eigenvalue weighted by Gasteiger charge is -2.24. The van der Waals surface area contributed by atoms with E-state index in [0.29, 0.717) is 11.5 Å². The summed E-state index contributed by atoms with van der Waals surface area (Å²) >= 11 is 2.36. The fourth-order valence-corrected chi connectivity index (χ4v) is 2.57. The lowest BCUT2D eigenvalue weighted by Crippen LogP contribution is -2.37. The van der Waals surface area contributed by atoms with Gasteiger partial charge in [0.1, 0.15) is 0 Å². The standard InChI is InChI=1S/C14H20IN/c1-3-16-13(14(2)8-9-14)10-11-4-6-12(15)7-5-11/h4-7,13,16H,3,8-10H2,1-2H3. The van der Waals surface area contributed by atoms with Crippen molar-refractivity contribution < 1.29 is 0 Å². The van der Waals surface area contributed by atoms with Crippen LogP contribution < -0.4 is 5.32 Å². The van der Waals surface area contributed by atoms with Crippen molar-refractivity contribution in [2.24, 2.45) is 5.41 Å². The van der Waals surface area contributed by atoms with E-state index in [9.17, 15) is 0 Å². The minimum absolute atomic E-state index is 0.555. The Bertz CT molecular complexity index is 340. The predicted molar refractivity (Wildman–Crippen MR) is 77.7 cm³/mol. The summed E-state index contributed by atoms with van der Waals surface area (Å²) in [6.45, 7) is 5.68. The van der Waals surface area contributed by atoms with Crippen LogP contribution in [0.25, 0.3) is 0 Å². The molecule has 88 valence electrons. The van der Waals surface area contributed by atoms with E-state index in [0.717, 1.165) is 6.54 Å². The summed E-state index contributed by atoms with van der Waals surface area (Å²) < 4.78 is 1.32. The second kappa shape index (κ2) is 5.05. The van der Waals surface area contributed by atoms with E-state index in [4.69, 9.17) is 0 Å². The molecule has 1 saturated carbocycles. The maximum absolute atomic E-state index is 3.65. The molecule has 2 rings (SSSR count). The summed E-state index contributed by atoms with van der Waals surface area (Å²) in [6, 6.07) is 9.58. The molecule has 0 radical (unpaired) electrons. The maximum Gasteiger partial charge on any atom is 0.0161 e. The van der Waals surface area contributed by atoms with Crippen LogP contribution in [0.2, 0.25) is 0 Å². The summed E-state index contributed by atoms with van der Waals surface area (Å²) in [5, 5.41) is 3.65. The molecule has 0 amide bonds. The van der Waals surface area contributed by atoms with Crippen LogP contribution in [-0.2, 0) is 6.42 Å². The highest BCUT2D eigenvalue weighted by atomic mass is 127. The number of likely N-dealkylation sites (N-methyl/N-ethyl adjacent to an activating group) is 1. The zero-order valence-electron chi connectivity index (χ0n) is 10.1. The van der Waals surface area contributed by atoms with Crippen molar-refractivity contribution in [2.45, 2.75) is 39.2 Å². The van der Waals surface area contributed by atoms with Crippen LogP contribution >= 0.6 is 22.6 Å². The van der Waals surface area contributed by atoms with Gasteiger partial charge in [0, 0.05) is 9.61 Å². The summed E-state index contributed by atoms with van der Waals surface area (Å²) in [7, 11) is 0. The van der Waals surface area contributed by atoms with Gasteiger partial charge in [-0.3, -0.25) is 0 Å². The van der Waals surface area contributed by atoms with Gasteiger partial charge in [-0.2, -0.15) is 0 Å². The number of hydrogen-bond acceptors (Lipinski definition) is 1. The molecule has 0 spiro atoms. The molecule has 2 heteroatoms. The summed E-state index contributed by atoms with van der Waals surface area (Å²) in [5.41, 5.74) is 2.01. The second-order valence-corrected chi connectivity index (χ2v) is 6.34. The molecular weight excluding hydrogens is 309 g/mol. The molecule has 1 unspecified atom stereocenters. The van der Waals surface area contributed by atoms with Crippen LogP contribution in [0.5, 0.6) is 0 Å². The van der Waals surface area contributed by atoms with Gasteiger partial charge in [-0.15, -0.1) is 0 Å². The fraction of sp³-hybridized carbons (Fsp3) is 0.571. The second-order valence-electron chi connectivity index (χ2n) is 5.09. The molecule has 1 N–H and O–H groups in total. The Kier molecular flexibility index (Phi) is 3.90. The predicted octanol–water partition coefficient (Wildman–Crippen LogP) is 3.61. The third kappa shape index (κ3) is 2.98. The first-order chi connectivity index (χ1) is 7.64. The maximum atomic E-state index is 3.65. The smallest absolute Gasteiger partial charge is 0.0161 e. The minimum atomic E-state index is 0.555. The first-order valence-corrected chi connectivity index (χ1v) is 7.20. The van der Waals surface area contributed by atoms with Crippen molar-refractivity contribution in [1.29, 1.82) is 0 Å². The van der Waals surface area contributed by atoms with E-state index in [-0.39, 0.29) is 0 Å². The average molecular weight is 329 g/mol. The fourth-order valence-electron chi connectivity index (χ4n) is 2.21. The molecule has 1 aliphatic carbocycles. The van der Waals surface area contributed by atoms with Crippen molar-refractivity contribution >= 4 is 22.6 Å². The Morgan fingerprint density at radius 3 is 2.44 bits per heavy atom. The topological polar surface area (TPSA) is 12.0 Å². The van der Waals surface area contributed by atoms with Crippen LogP contribution in [0, 0.1) is 8.99 Å². The van der Waals surface area contributed by atoms with Gasteiger partial charge in [-0.05, 0) is 71.5 Å². The van der Waals surface area contributed by atoms with Crippen LogP contribution in [0.1, 0.15) is 32.3 Å². The molecule has 0 bridgehead atoms. The Morgan fingerprint density at radius 1 is 1.31 bits per heavy atom. The molecule has 1 atom stereocenters.